The van der Waals surface area contributed by atoms with Crippen LogP contribution in [0.15, 0.2) is 12.4 Å². The summed E-state index contributed by atoms with van der Waals surface area (Å²) in [4.78, 5) is 21.4. The fraction of sp³-hybridized carbons (Fsp3) is 0.583. The van der Waals surface area contributed by atoms with Crippen LogP contribution in [0.2, 0.25) is 5.15 Å². The zero-order valence-corrected chi connectivity index (χ0v) is 10.7. The van der Waals surface area contributed by atoms with E-state index in [4.69, 9.17) is 11.6 Å². The van der Waals surface area contributed by atoms with Crippen molar-refractivity contribution in [1.29, 1.82) is 0 Å². The first-order chi connectivity index (χ1) is 8.16. The van der Waals surface area contributed by atoms with E-state index in [0.717, 1.165) is 37.9 Å². The number of carbonyl (C=O) groups is 1. The van der Waals surface area contributed by atoms with Gasteiger partial charge in [0.25, 0.3) is 0 Å². The van der Waals surface area contributed by atoms with Crippen LogP contribution in [-0.4, -0.2) is 33.4 Å². The maximum atomic E-state index is 11.4. The van der Waals surface area contributed by atoms with Gasteiger partial charge >= 0.3 is 0 Å². The number of likely N-dealkylation sites (tertiary alicyclic amines) is 1. The average molecular weight is 254 g/mol. The van der Waals surface area contributed by atoms with Crippen molar-refractivity contribution in [3.05, 3.63) is 23.2 Å². The molecule has 0 saturated carbocycles. The van der Waals surface area contributed by atoms with Crippen molar-refractivity contribution in [3.8, 4) is 0 Å². The molecule has 1 atom stereocenters. The lowest BCUT2D eigenvalue weighted by Crippen LogP contribution is -2.33. The first kappa shape index (κ1) is 12.3. The molecule has 0 N–H and O–H groups in total. The molecule has 1 aliphatic rings. The van der Waals surface area contributed by atoms with Crippen LogP contribution in [0.25, 0.3) is 0 Å². The maximum absolute atomic E-state index is 11.4. The van der Waals surface area contributed by atoms with E-state index >= 15 is 0 Å². The summed E-state index contributed by atoms with van der Waals surface area (Å²) in [6, 6.07) is 2.15. The molecular formula is C12H16ClN3O. The summed E-state index contributed by atoms with van der Waals surface area (Å²) < 4.78 is 0. The first-order valence-corrected chi connectivity index (χ1v) is 6.28. The Bertz CT molecular complexity index is 410. The highest BCUT2D eigenvalue weighted by atomic mass is 35.5. The monoisotopic (exact) mass is 253 g/mol. The Balaban J connectivity index is 1.91. The molecule has 92 valence electrons. The lowest BCUT2D eigenvalue weighted by molar-refractivity contribution is -0.129. The molecule has 2 heterocycles. The lowest BCUT2D eigenvalue weighted by atomic mass is 10.1. The summed E-state index contributed by atoms with van der Waals surface area (Å²) in [6.07, 6.45) is 5.48. The maximum Gasteiger partial charge on any atom is 0.219 e. The fourth-order valence-electron chi connectivity index (χ4n) is 2.37. The molecule has 5 heteroatoms. The van der Waals surface area contributed by atoms with Crippen LogP contribution in [0.5, 0.6) is 0 Å². The summed E-state index contributed by atoms with van der Waals surface area (Å²) in [5.41, 5.74) is 0.945. The molecule has 1 fully saturated rings. The van der Waals surface area contributed by atoms with Gasteiger partial charge in [-0.25, -0.2) is 9.97 Å². The molecule has 0 bridgehead atoms. The number of carbonyl (C=O) groups excluding carboxylic acids is 1. The molecule has 4 nitrogen and oxygen atoms in total. The van der Waals surface area contributed by atoms with Crippen molar-refractivity contribution in [2.45, 2.75) is 38.6 Å². The van der Waals surface area contributed by atoms with E-state index in [0.29, 0.717) is 11.2 Å². The second-order valence-corrected chi connectivity index (χ2v) is 4.77. The number of aromatic nitrogens is 2. The summed E-state index contributed by atoms with van der Waals surface area (Å²) in [6.45, 7) is 2.53. The third-order valence-corrected chi connectivity index (χ3v) is 3.41. The van der Waals surface area contributed by atoms with Crippen LogP contribution in [0.4, 0.5) is 0 Å². The Morgan fingerprint density at radius 2 is 2.41 bits per heavy atom. The minimum Gasteiger partial charge on any atom is -0.340 e. The van der Waals surface area contributed by atoms with Crippen molar-refractivity contribution >= 4 is 17.5 Å². The van der Waals surface area contributed by atoms with Crippen molar-refractivity contribution in [1.82, 2.24) is 14.9 Å². The lowest BCUT2D eigenvalue weighted by Gasteiger charge is -2.22. The third-order valence-electron chi connectivity index (χ3n) is 3.21. The molecule has 0 unspecified atom stereocenters. The quantitative estimate of drug-likeness (QED) is 0.775. The molecule has 2 rings (SSSR count). The number of nitrogens with zero attached hydrogens (tertiary/aromatic N) is 3. The van der Waals surface area contributed by atoms with Crippen LogP contribution in [0, 0.1) is 0 Å². The highest BCUT2D eigenvalue weighted by Gasteiger charge is 2.25. The summed E-state index contributed by atoms with van der Waals surface area (Å²) >= 11 is 5.80. The van der Waals surface area contributed by atoms with Gasteiger partial charge in [-0.15, -0.1) is 0 Å². The molecule has 0 aromatic carbocycles. The predicted octanol–water partition coefficient (Wildman–Crippen LogP) is 2.07. The van der Waals surface area contributed by atoms with Crippen molar-refractivity contribution in [3.63, 3.8) is 0 Å². The normalized spacial score (nSPS) is 19.6. The predicted molar refractivity (Wildman–Crippen MR) is 65.8 cm³/mol. The van der Waals surface area contributed by atoms with Crippen LogP contribution in [0.3, 0.4) is 0 Å². The number of hydrogen-bond acceptors (Lipinski definition) is 3. The SMILES string of the molecule is CC(=O)N1CCC[C@H]1CCc1cc(Cl)ncn1. The second kappa shape index (κ2) is 5.45. The summed E-state index contributed by atoms with van der Waals surface area (Å²) in [5.74, 6) is 0.174. The molecule has 0 spiro atoms. The van der Waals surface area contributed by atoms with Gasteiger partial charge in [-0.3, -0.25) is 4.79 Å². The van der Waals surface area contributed by atoms with E-state index < -0.39 is 0 Å². The van der Waals surface area contributed by atoms with Gasteiger partial charge in [-0.2, -0.15) is 0 Å². The summed E-state index contributed by atoms with van der Waals surface area (Å²) in [7, 11) is 0. The Hall–Kier alpha value is -1.16. The molecule has 1 aromatic heterocycles. The number of hydrogen-bond donors (Lipinski definition) is 0. The highest BCUT2D eigenvalue weighted by Crippen LogP contribution is 2.21. The van der Waals surface area contributed by atoms with Gasteiger partial charge in [0.05, 0.1) is 0 Å². The van der Waals surface area contributed by atoms with E-state index in [9.17, 15) is 4.79 Å². The zero-order valence-electron chi connectivity index (χ0n) is 9.90. The zero-order chi connectivity index (χ0) is 12.3. The van der Waals surface area contributed by atoms with Crippen molar-refractivity contribution in [2.75, 3.05) is 6.54 Å². The van der Waals surface area contributed by atoms with Gasteiger partial charge in [0.15, 0.2) is 0 Å². The topological polar surface area (TPSA) is 46.1 Å². The van der Waals surface area contributed by atoms with Gasteiger partial charge in [0, 0.05) is 25.2 Å². The van der Waals surface area contributed by atoms with E-state index in [2.05, 4.69) is 9.97 Å². The van der Waals surface area contributed by atoms with Crippen molar-refractivity contribution < 1.29 is 4.79 Å². The van der Waals surface area contributed by atoms with E-state index in [1.165, 1.54) is 6.33 Å². The number of halogens is 1. The first-order valence-electron chi connectivity index (χ1n) is 5.90. The molecule has 0 radical (unpaired) electrons. The minimum atomic E-state index is 0.174. The van der Waals surface area contributed by atoms with Crippen LogP contribution in [0.1, 0.15) is 31.9 Å². The van der Waals surface area contributed by atoms with Crippen LogP contribution >= 0.6 is 11.6 Å². The smallest absolute Gasteiger partial charge is 0.219 e. The van der Waals surface area contributed by atoms with Gasteiger partial charge in [-0.05, 0) is 31.7 Å². The molecular weight excluding hydrogens is 238 g/mol. The standard InChI is InChI=1S/C12H16ClN3O/c1-9(17)16-6-2-3-11(16)5-4-10-7-12(13)15-8-14-10/h7-8,11H,2-6H2,1H3/t11-/m0/s1. The Morgan fingerprint density at radius 3 is 3.12 bits per heavy atom. The Labute approximate surface area is 106 Å². The fourth-order valence-corrected chi connectivity index (χ4v) is 2.54. The molecule has 1 saturated heterocycles. The van der Waals surface area contributed by atoms with Gasteiger partial charge in [0.2, 0.25) is 5.91 Å². The van der Waals surface area contributed by atoms with E-state index in [1.54, 1.807) is 13.0 Å². The highest BCUT2D eigenvalue weighted by molar-refractivity contribution is 6.29. The Morgan fingerprint density at radius 1 is 1.59 bits per heavy atom. The average Bonchev–Trinajstić information content (AvgIpc) is 2.74. The van der Waals surface area contributed by atoms with Gasteiger partial charge in [-0.1, -0.05) is 11.6 Å². The van der Waals surface area contributed by atoms with E-state index in [1.807, 2.05) is 4.90 Å². The molecule has 1 aliphatic heterocycles. The molecule has 1 amide bonds. The van der Waals surface area contributed by atoms with Gasteiger partial charge in [0.1, 0.15) is 11.5 Å². The minimum absolute atomic E-state index is 0.174. The van der Waals surface area contributed by atoms with E-state index in [-0.39, 0.29) is 5.91 Å². The second-order valence-electron chi connectivity index (χ2n) is 4.38. The Kier molecular flexibility index (Phi) is 3.94. The number of rotatable bonds is 3. The molecule has 17 heavy (non-hydrogen) atoms. The third kappa shape index (κ3) is 3.16. The number of aryl methyl sites for hydroxylation is 1. The van der Waals surface area contributed by atoms with Crippen molar-refractivity contribution in [2.24, 2.45) is 0 Å². The molecule has 1 aromatic rings. The molecule has 0 aliphatic carbocycles. The largest absolute Gasteiger partial charge is 0.340 e. The van der Waals surface area contributed by atoms with Gasteiger partial charge < -0.3 is 4.90 Å². The summed E-state index contributed by atoms with van der Waals surface area (Å²) in [5, 5.41) is 0.477. The number of amides is 1. The van der Waals surface area contributed by atoms with Crippen LogP contribution < -0.4 is 0 Å². The van der Waals surface area contributed by atoms with Crippen LogP contribution in [-0.2, 0) is 11.2 Å².